The van der Waals surface area contributed by atoms with E-state index in [4.69, 9.17) is 4.74 Å². The number of imidazole rings is 1. The molecule has 1 aromatic heterocycles. The number of Topliss-reactive ketones (excluding diaryl/α,β-unsaturated/α-hetero) is 1. The number of aromatic nitrogens is 2. The molecule has 42 heavy (non-hydrogen) atoms. The van der Waals surface area contributed by atoms with Crippen LogP contribution < -0.4 is 10.1 Å². The summed E-state index contributed by atoms with van der Waals surface area (Å²) >= 11 is 0. The van der Waals surface area contributed by atoms with Gasteiger partial charge in [-0.05, 0) is 54.9 Å². The van der Waals surface area contributed by atoms with Crippen LogP contribution in [0.3, 0.4) is 0 Å². The number of fused-ring (bicyclic) bond motifs is 1. The summed E-state index contributed by atoms with van der Waals surface area (Å²) in [6.45, 7) is 9.93. The van der Waals surface area contributed by atoms with E-state index >= 15 is 0 Å². The van der Waals surface area contributed by atoms with Crippen LogP contribution in [0.25, 0.3) is 11.0 Å². The first kappa shape index (κ1) is 31.6. The van der Waals surface area contributed by atoms with Gasteiger partial charge in [-0.25, -0.2) is 4.98 Å². The van der Waals surface area contributed by atoms with Gasteiger partial charge in [-0.3, -0.25) is 9.59 Å². The fourth-order valence-corrected chi connectivity index (χ4v) is 5.62. The van der Waals surface area contributed by atoms with Gasteiger partial charge in [0.15, 0.2) is 5.78 Å². The van der Waals surface area contributed by atoms with Crippen LogP contribution in [0.1, 0.15) is 99.6 Å². The van der Waals surface area contributed by atoms with Crippen LogP contribution in [-0.2, 0) is 31.0 Å². The lowest BCUT2D eigenvalue weighted by Crippen LogP contribution is -2.34. The summed E-state index contributed by atoms with van der Waals surface area (Å²) in [5.74, 6) is 1.77. The number of carbonyl (C=O) groups excluding carboxylic acids is 2. The van der Waals surface area contributed by atoms with Gasteiger partial charge in [0.05, 0.1) is 28.8 Å². The van der Waals surface area contributed by atoms with Crippen molar-refractivity contribution in [3.8, 4) is 5.75 Å². The fourth-order valence-electron chi connectivity index (χ4n) is 5.62. The third-order valence-corrected chi connectivity index (χ3v) is 8.24. The number of carbonyl (C=O) groups is 2. The summed E-state index contributed by atoms with van der Waals surface area (Å²) in [7, 11) is 1.76. The van der Waals surface area contributed by atoms with Crippen LogP contribution in [0.4, 0.5) is 13.2 Å². The number of hydrogen-bond acceptors (Lipinski definition) is 4. The highest BCUT2D eigenvalue weighted by Gasteiger charge is 2.34. The smallest absolute Gasteiger partial charge is 0.416 e. The second kappa shape index (κ2) is 12.5. The van der Waals surface area contributed by atoms with E-state index in [2.05, 4.69) is 17.2 Å². The minimum atomic E-state index is -4.55. The molecule has 6 nitrogen and oxygen atoms in total. The summed E-state index contributed by atoms with van der Waals surface area (Å²) < 4.78 is 49.6. The molecule has 1 saturated carbocycles. The van der Waals surface area contributed by atoms with E-state index in [0.29, 0.717) is 58.6 Å². The molecule has 228 valence electrons. The lowest BCUT2D eigenvalue weighted by atomic mass is 9.80. The summed E-state index contributed by atoms with van der Waals surface area (Å²) in [5.41, 5.74) is 0.970. The van der Waals surface area contributed by atoms with Gasteiger partial charge in [0, 0.05) is 37.9 Å². The Bertz CT molecular complexity index is 1440. The van der Waals surface area contributed by atoms with Gasteiger partial charge in [-0.15, -0.1) is 0 Å². The quantitative estimate of drug-likeness (QED) is 0.262. The molecule has 1 amide bonds. The van der Waals surface area contributed by atoms with Gasteiger partial charge in [0.2, 0.25) is 5.91 Å². The maximum absolute atomic E-state index is 14.0. The number of aryl methyl sites for hydroxylation is 1. The number of amides is 1. The Morgan fingerprint density at radius 1 is 1.07 bits per heavy atom. The highest BCUT2D eigenvalue weighted by Crippen LogP contribution is 2.36. The van der Waals surface area contributed by atoms with Crippen LogP contribution in [0.5, 0.6) is 5.75 Å². The molecule has 0 bridgehead atoms. The highest BCUT2D eigenvalue weighted by atomic mass is 19.4. The van der Waals surface area contributed by atoms with E-state index in [1.54, 1.807) is 44.5 Å². The number of hydrogen-bond donors (Lipinski definition) is 1. The van der Waals surface area contributed by atoms with E-state index in [0.717, 1.165) is 31.7 Å². The zero-order valence-corrected chi connectivity index (χ0v) is 25.5. The first-order valence-electron chi connectivity index (χ1n) is 14.8. The number of halogens is 3. The Labute approximate surface area is 246 Å². The fraction of sp³-hybridized carbons (Fsp3) is 0.545. The van der Waals surface area contributed by atoms with Crippen molar-refractivity contribution in [2.75, 3.05) is 6.61 Å². The van der Waals surface area contributed by atoms with Crippen LogP contribution >= 0.6 is 0 Å². The van der Waals surface area contributed by atoms with Crippen LogP contribution in [0.15, 0.2) is 30.3 Å². The van der Waals surface area contributed by atoms with Crippen molar-refractivity contribution in [1.82, 2.24) is 14.9 Å². The number of ketones is 1. The first-order valence-corrected chi connectivity index (χ1v) is 14.8. The molecule has 0 radical (unpaired) electrons. The Balaban J connectivity index is 1.65. The minimum Gasteiger partial charge on any atom is -0.493 e. The summed E-state index contributed by atoms with van der Waals surface area (Å²) in [6, 6.07) is 7.43. The molecule has 2 aromatic carbocycles. The summed E-state index contributed by atoms with van der Waals surface area (Å²) in [4.78, 5) is 30.4. The van der Waals surface area contributed by atoms with E-state index in [1.165, 1.54) is 12.1 Å². The third kappa shape index (κ3) is 7.34. The summed E-state index contributed by atoms with van der Waals surface area (Å²) in [5, 5.41) is 2.80. The predicted molar refractivity (Wildman–Crippen MR) is 158 cm³/mol. The number of nitrogens with one attached hydrogen (secondary N) is 1. The molecule has 1 aliphatic rings. The van der Waals surface area contributed by atoms with Crippen molar-refractivity contribution in [2.45, 2.75) is 85.9 Å². The second-order valence-electron chi connectivity index (χ2n) is 12.7. The Morgan fingerprint density at radius 2 is 1.76 bits per heavy atom. The van der Waals surface area contributed by atoms with E-state index < -0.39 is 17.2 Å². The monoisotopic (exact) mass is 585 g/mol. The van der Waals surface area contributed by atoms with Crippen molar-refractivity contribution in [2.24, 2.45) is 24.3 Å². The summed E-state index contributed by atoms with van der Waals surface area (Å²) in [6.07, 6.45) is 0.151. The number of nitrogens with zero attached hydrogens (tertiary/aromatic N) is 2. The van der Waals surface area contributed by atoms with Gasteiger partial charge in [0.25, 0.3) is 0 Å². The van der Waals surface area contributed by atoms with Crippen molar-refractivity contribution in [3.05, 3.63) is 58.4 Å². The maximum Gasteiger partial charge on any atom is 0.416 e. The number of ether oxygens (including phenoxy) is 1. The van der Waals surface area contributed by atoms with E-state index in [1.807, 2.05) is 6.92 Å². The van der Waals surface area contributed by atoms with Gasteiger partial charge >= 0.3 is 6.18 Å². The number of alkyl halides is 3. The van der Waals surface area contributed by atoms with Crippen LogP contribution in [-0.4, -0.2) is 27.8 Å². The zero-order chi connectivity index (χ0) is 30.8. The molecule has 0 aliphatic heterocycles. The Morgan fingerprint density at radius 3 is 2.38 bits per heavy atom. The molecule has 0 unspecified atom stereocenters. The largest absolute Gasteiger partial charge is 0.493 e. The standard InChI is InChI=1S/C33H42F3N3O3/c1-7-42-29-18-27-26(17-24(29)28(40)15-21-10-8-20(2)9-11-21)38-30(39(27)6)16-23-14-22(12-13-25(23)33(34,35)36)19-37-31(41)32(3,4)5/h12-14,17-18,20-21H,7-11,15-16,19H2,1-6H3,(H,37,41). The lowest BCUT2D eigenvalue weighted by Gasteiger charge is -2.25. The first-order chi connectivity index (χ1) is 19.7. The molecule has 0 saturated heterocycles. The normalized spacial score (nSPS) is 17.8. The molecular formula is C33H42F3N3O3. The molecule has 1 heterocycles. The predicted octanol–water partition coefficient (Wildman–Crippen LogP) is 7.64. The molecule has 3 aromatic rings. The van der Waals surface area contributed by atoms with Crippen LogP contribution in [0, 0.1) is 17.3 Å². The van der Waals surface area contributed by atoms with Crippen molar-refractivity contribution < 1.29 is 27.5 Å². The third-order valence-electron chi connectivity index (χ3n) is 8.24. The van der Waals surface area contributed by atoms with Crippen molar-refractivity contribution >= 4 is 22.7 Å². The second-order valence-corrected chi connectivity index (χ2v) is 12.7. The average molecular weight is 586 g/mol. The zero-order valence-electron chi connectivity index (χ0n) is 25.5. The maximum atomic E-state index is 14.0. The highest BCUT2D eigenvalue weighted by molar-refractivity contribution is 6.02. The van der Waals surface area contributed by atoms with Crippen molar-refractivity contribution in [3.63, 3.8) is 0 Å². The molecule has 1 N–H and O–H groups in total. The molecular weight excluding hydrogens is 543 g/mol. The number of benzene rings is 2. The van der Waals surface area contributed by atoms with Gasteiger partial charge in [-0.1, -0.05) is 52.7 Å². The topological polar surface area (TPSA) is 73.2 Å². The molecule has 1 fully saturated rings. The lowest BCUT2D eigenvalue weighted by molar-refractivity contribution is -0.138. The molecule has 4 rings (SSSR count). The average Bonchev–Trinajstić information content (AvgIpc) is 3.21. The Kier molecular flexibility index (Phi) is 9.38. The van der Waals surface area contributed by atoms with Gasteiger partial charge in [0.1, 0.15) is 11.6 Å². The Hall–Kier alpha value is -3.36. The number of rotatable bonds is 9. The van der Waals surface area contributed by atoms with Gasteiger partial charge in [-0.2, -0.15) is 13.2 Å². The van der Waals surface area contributed by atoms with Gasteiger partial charge < -0.3 is 14.6 Å². The molecule has 1 aliphatic carbocycles. The minimum absolute atomic E-state index is 0.0106. The van der Waals surface area contributed by atoms with E-state index in [-0.39, 0.29) is 30.2 Å². The molecule has 9 heteroatoms. The van der Waals surface area contributed by atoms with E-state index in [9.17, 15) is 22.8 Å². The van der Waals surface area contributed by atoms with Crippen LogP contribution in [0.2, 0.25) is 0 Å². The van der Waals surface area contributed by atoms with Crippen molar-refractivity contribution in [1.29, 1.82) is 0 Å². The SMILES string of the molecule is CCOc1cc2c(cc1C(=O)CC1CCC(C)CC1)nc(Cc1cc(CNC(=O)C(C)(C)C)ccc1C(F)(F)F)n2C. The molecule has 0 atom stereocenters. The molecule has 0 spiro atoms.